The summed E-state index contributed by atoms with van der Waals surface area (Å²) in [5.74, 6) is 1.86. The van der Waals surface area contributed by atoms with Gasteiger partial charge in [0.2, 0.25) is 0 Å². The maximum atomic E-state index is 4.29. The Morgan fingerprint density at radius 1 is 1.00 bits per heavy atom. The topological polar surface area (TPSA) is 6.48 Å². The van der Waals surface area contributed by atoms with Gasteiger partial charge in [-0.15, -0.1) is 0 Å². The largest absolute Gasteiger partial charge is 0.301 e. The number of hydrogen-bond acceptors (Lipinski definition) is 3. The summed E-state index contributed by atoms with van der Waals surface area (Å²) in [4.78, 5) is 5.20. The van der Waals surface area contributed by atoms with E-state index in [1.165, 1.54) is 45.6 Å². The quantitative estimate of drug-likeness (QED) is 0.717. The molecule has 1 aliphatic rings. The first-order valence-corrected chi connectivity index (χ1v) is 7.34. The minimum absolute atomic E-state index is 0.713. The van der Waals surface area contributed by atoms with Gasteiger partial charge in [-0.3, -0.25) is 4.90 Å². The second kappa shape index (κ2) is 7.57. The third kappa shape index (κ3) is 5.07. The lowest BCUT2D eigenvalue weighted by atomic mass is 10.0. The standard InChI is InChI=1S/C13H28N2S/c1-12(2)15-9-7-14(8-10-15)6-4-13(3)5-11-16/h12-13,16H,4-11H2,1-3H3. The molecule has 1 fully saturated rings. The van der Waals surface area contributed by atoms with Crippen LogP contribution in [-0.2, 0) is 0 Å². The van der Waals surface area contributed by atoms with E-state index in [0.29, 0.717) is 6.04 Å². The molecule has 1 saturated heterocycles. The Balaban J connectivity index is 2.12. The molecule has 3 heteroatoms. The third-order valence-electron chi connectivity index (χ3n) is 3.70. The molecule has 0 aromatic carbocycles. The predicted octanol–water partition coefficient (Wildman–Crippen LogP) is 2.36. The minimum atomic E-state index is 0.713. The Morgan fingerprint density at radius 3 is 2.12 bits per heavy atom. The van der Waals surface area contributed by atoms with Crippen LogP contribution in [0.4, 0.5) is 0 Å². The maximum absolute atomic E-state index is 4.29. The van der Waals surface area contributed by atoms with Crippen molar-refractivity contribution < 1.29 is 0 Å². The molecule has 1 rings (SSSR count). The minimum Gasteiger partial charge on any atom is -0.301 e. The molecule has 1 unspecified atom stereocenters. The zero-order valence-corrected chi connectivity index (χ0v) is 12.0. The molecule has 1 heterocycles. The normalized spacial score (nSPS) is 21.6. The summed E-state index contributed by atoms with van der Waals surface area (Å²) in [7, 11) is 0. The monoisotopic (exact) mass is 244 g/mol. The summed E-state index contributed by atoms with van der Waals surface area (Å²) in [6, 6.07) is 0.713. The summed E-state index contributed by atoms with van der Waals surface area (Å²) in [5, 5.41) is 0. The Hall–Kier alpha value is 0.270. The van der Waals surface area contributed by atoms with Crippen LogP contribution in [-0.4, -0.2) is 54.3 Å². The lowest BCUT2D eigenvalue weighted by Crippen LogP contribution is -2.49. The van der Waals surface area contributed by atoms with Gasteiger partial charge in [-0.1, -0.05) is 6.92 Å². The Bertz CT molecular complexity index is 177. The highest BCUT2D eigenvalue weighted by Crippen LogP contribution is 2.11. The molecule has 0 N–H and O–H groups in total. The van der Waals surface area contributed by atoms with Crippen molar-refractivity contribution in [1.82, 2.24) is 9.80 Å². The molecule has 0 amide bonds. The number of nitrogens with zero attached hydrogens (tertiary/aromatic N) is 2. The molecule has 2 nitrogen and oxygen atoms in total. The van der Waals surface area contributed by atoms with Gasteiger partial charge in [0, 0.05) is 32.2 Å². The summed E-state index contributed by atoms with van der Waals surface area (Å²) in [6.07, 6.45) is 2.59. The summed E-state index contributed by atoms with van der Waals surface area (Å²) in [5.41, 5.74) is 0. The molecule has 96 valence electrons. The fourth-order valence-electron chi connectivity index (χ4n) is 2.27. The van der Waals surface area contributed by atoms with E-state index in [1.54, 1.807) is 0 Å². The summed E-state index contributed by atoms with van der Waals surface area (Å²) < 4.78 is 0. The van der Waals surface area contributed by atoms with Crippen LogP contribution < -0.4 is 0 Å². The van der Waals surface area contributed by atoms with Crippen LogP contribution in [0.1, 0.15) is 33.6 Å². The number of thiol groups is 1. The van der Waals surface area contributed by atoms with Gasteiger partial charge in [-0.25, -0.2) is 0 Å². The average Bonchev–Trinajstić information content (AvgIpc) is 2.27. The van der Waals surface area contributed by atoms with Crippen molar-refractivity contribution in [3.05, 3.63) is 0 Å². The molecule has 0 radical (unpaired) electrons. The SMILES string of the molecule is CC(CCS)CCN1CCN(C(C)C)CC1. The van der Waals surface area contributed by atoms with Gasteiger partial charge in [0.25, 0.3) is 0 Å². The van der Waals surface area contributed by atoms with Crippen molar-refractivity contribution in [1.29, 1.82) is 0 Å². The highest BCUT2D eigenvalue weighted by atomic mass is 32.1. The molecule has 0 bridgehead atoms. The van der Waals surface area contributed by atoms with Crippen molar-refractivity contribution in [2.45, 2.75) is 39.7 Å². The fourth-order valence-corrected chi connectivity index (χ4v) is 2.71. The van der Waals surface area contributed by atoms with E-state index in [2.05, 4.69) is 43.2 Å². The molecular weight excluding hydrogens is 216 g/mol. The zero-order chi connectivity index (χ0) is 12.0. The maximum Gasteiger partial charge on any atom is 0.0113 e. The number of rotatable bonds is 6. The van der Waals surface area contributed by atoms with Crippen LogP contribution in [0.15, 0.2) is 0 Å². The van der Waals surface area contributed by atoms with E-state index < -0.39 is 0 Å². The Morgan fingerprint density at radius 2 is 1.62 bits per heavy atom. The third-order valence-corrected chi connectivity index (χ3v) is 3.96. The molecule has 1 atom stereocenters. The molecule has 0 spiro atoms. The highest BCUT2D eigenvalue weighted by molar-refractivity contribution is 7.80. The number of piperazine rings is 1. The lowest BCUT2D eigenvalue weighted by molar-refractivity contribution is 0.104. The van der Waals surface area contributed by atoms with Gasteiger partial charge in [0.05, 0.1) is 0 Å². The van der Waals surface area contributed by atoms with Crippen molar-refractivity contribution in [3.63, 3.8) is 0 Å². The molecule has 1 aliphatic heterocycles. The highest BCUT2D eigenvalue weighted by Gasteiger charge is 2.18. The second-order valence-corrected chi connectivity index (χ2v) is 5.82. The molecule has 0 aliphatic carbocycles. The summed E-state index contributed by atoms with van der Waals surface area (Å²) in [6.45, 7) is 13.2. The van der Waals surface area contributed by atoms with E-state index in [-0.39, 0.29) is 0 Å². The van der Waals surface area contributed by atoms with E-state index in [1.807, 2.05) is 0 Å². The zero-order valence-electron chi connectivity index (χ0n) is 11.2. The van der Waals surface area contributed by atoms with Crippen LogP contribution in [0.5, 0.6) is 0 Å². The first-order valence-electron chi connectivity index (χ1n) is 6.70. The van der Waals surface area contributed by atoms with Crippen LogP contribution in [0, 0.1) is 5.92 Å². The second-order valence-electron chi connectivity index (χ2n) is 5.38. The van der Waals surface area contributed by atoms with Crippen LogP contribution in [0.3, 0.4) is 0 Å². The molecular formula is C13H28N2S. The first kappa shape index (κ1) is 14.3. The van der Waals surface area contributed by atoms with E-state index in [9.17, 15) is 0 Å². The van der Waals surface area contributed by atoms with E-state index in [0.717, 1.165) is 11.7 Å². The molecule has 0 saturated carbocycles. The molecule has 16 heavy (non-hydrogen) atoms. The predicted molar refractivity (Wildman–Crippen MR) is 75.4 cm³/mol. The molecule has 0 aromatic heterocycles. The smallest absolute Gasteiger partial charge is 0.0113 e. The lowest BCUT2D eigenvalue weighted by Gasteiger charge is -2.37. The van der Waals surface area contributed by atoms with Crippen LogP contribution >= 0.6 is 12.6 Å². The summed E-state index contributed by atoms with van der Waals surface area (Å²) >= 11 is 4.29. The van der Waals surface area contributed by atoms with Gasteiger partial charge in [0.1, 0.15) is 0 Å². The van der Waals surface area contributed by atoms with Crippen molar-refractivity contribution in [3.8, 4) is 0 Å². The number of hydrogen-bond donors (Lipinski definition) is 1. The van der Waals surface area contributed by atoms with E-state index in [4.69, 9.17) is 0 Å². The van der Waals surface area contributed by atoms with Crippen molar-refractivity contribution in [2.75, 3.05) is 38.5 Å². The van der Waals surface area contributed by atoms with Gasteiger partial charge < -0.3 is 4.90 Å². The van der Waals surface area contributed by atoms with Gasteiger partial charge in [0.15, 0.2) is 0 Å². The first-order chi connectivity index (χ1) is 7.63. The van der Waals surface area contributed by atoms with Crippen LogP contribution in [0.25, 0.3) is 0 Å². The van der Waals surface area contributed by atoms with E-state index >= 15 is 0 Å². The van der Waals surface area contributed by atoms with Gasteiger partial charge >= 0.3 is 0 Å². The molecule has 0 aromatic rings. The van der Waals surface area contributed by atoms with Crippen molar-refractivity contribution >= 4 is 12.6 Å². The Labute approximate surface area is 107 Å². The Kier molecular flexibility index (Phi) is 6.78. The fraction of sp³-hybridized carbons (Fsp3) is 1.00. The van der Waals surface area contributed by atoms with Gasteiger partial charge in [-0.2, -0.15) is 12.6 Å². The van der Waals surface area contributed by atoms with Crippen molar-refractivity contribution in [2.24, 2.45) is 5.92 Å². The average molecular weight is 244 g/mol. The van der Waals surface area contributed by atoms with Crippen LogP contribution in [0.2, 0.25) is 0 Å². The van der Waals surface area contributed by atoms with Gasteiger partial charge in [-0.05, 0) is 44.9 Å².